The second-order valence-corrected chi connectivity index (χ2v) is 3.50. The summed E-state index contributed by atoms with van der Waals surface area (Å²) in [6.07, 6.45) is 2.10. The minimum Gasteiger partial charge on any atom is -0.313 e. The molecule has 0 bridgehead atoms. The van der Waals surface area contributed by atoms with Gasteiger partial charge in [0.1, 0.15) is 5.82 Å². The highest BCUT2D eigenvalue weighted by molar-refractivity contribution is 5.73. The van der Waals surface area contributed by atoms with Gasteiger partial charge in [-0.3, -0.25) is 14.9 Å². The Hall–Kier alpha value is -2.76. The highest BCUT2D eigenvalue weighted by atomic mass is 16.6. The Kier molecular flexibility index (Phi) is 3.29. The molecule has 0 aliphatic heterocycles. The van der Waals surface area contributed by atoms with Crippen molar-refractivity contribution in [2.24, 2.45) is 0 Å². The van der Waals surface area contributed by atoms with E-state index in [9.17, 15) is 14.9 Å². The van der Waals surface area contributed by atoms with Gasteiger partial charge in [-0.2, -0.15) is 0 Å². The maximum absolute atomic E-state index is 10.5. The first-order valence-electron chi connectivity index (χ1n) is 5.12. The van der Waals surface area contributed by atoms with Gasteiger partial charge in [-0.25, -0.2) is 4.98 Å². The minimum absolute atomic E-state index is 0.0408. The molecule has 6 nitrogen and oxygen atoms in total. The number of non-ortho nitro benzene ring substituents is 1. The summed E-state index contributed by atoms with van der Waals surface area (Å²) >= 11 is 0. The number of nitrogens with zero attached hydrogens (tertiary/aromatic N) is 2. The molecule has 1 heterocycles. The molecule has 90 valence electrons. The van der Waals surface area contributed by atoms with Gasteiger partial charge in [-0.15, -0.1) is 0 Å². The van der Waals surface area contributed by atoms with Crippen LogP contribution in [0.4, 0.5) is 11.5 Å². The number of nitro benzene ring substituents is 1. The molecule has 0 fully saturated rings. The van der Waals surface area contributed by atoms with Gasteiger partial charge >= 0.3 is 0 Å². The summed E-state index contributed by atoms with van der Waals surface area (Å²) < 4.78 is 0. The third kappa shape index (κ3) is 2.49. The van der Waals surface area contributed by atoms with Crippen LogP contribution in [0.3, 0.4) is 0 Å². The highest BCUT2D eigenvalue weighted by Crippen LogP contribution is 2.23. The Balaban J connectivity index is 2.33. The van der Waals surface area contributed by atoms with Crippen molar-refractivity contribution in [3.63, 3.8) is 0 Å². The Morgan fingerprint density at radius 2 is 1.89 bits per heavy atom. The Bertz CT molecular complexity index is 581. The maximum atomic E-state index is 10.5. The van der Waals surface area contributed by atoms with E-state index in [0.29, 0.717) is 12.2 Å². The van der Waals surface area contributed by atoms with Crippen molar-refractivity contribution in [2.75, 3.05) is 5.32 Å². The molecule has 0 aliphatic carbocycles. The summed E-state index contributed by atoms with van der Waals surface area (Å²) in [6.45, 7) is 0. The van der Waals surface area contributed by atoms with Gasteiger partial charge in [0.2, 0.25) is 6.41 Å². The molecule has 0 saturated heterocycles. The van der Waals surface area contributed by atoms with E-state index in [1.54, 1.807) is 30.5 Å². The summed E-state index contributed by atoms with van der Waals surface area (Å²) in [5, 5.41) is 13.0. The van der Waals surface area contributed by atoms with Crippen molar-refractivity contribution in [2.45, 2.75) is 0 Å². The zero-order valence-corrected chi connectivity index (χ0v) is 9.24. The van der Waals surface area contributed by atoms with Gasteiger partial charge in [0, 0.05) is 18.3 Å². The summed E-state index contributed by atoms with van der Waals surface area (Å²) in [5.41, 5.74) is 1.68. The predicted molar refractivity (Wildman–Crippen MR) is 66.0 cm³/mol. The van der Waals surface area contributed by atoms with Crippen LogP contribution < -0.4 is 5.32 Å². The first kappa shape index (κ1) is 11.7. The Morgan fingerprint density at radius 1 is 1.17 bits per heavy atom. The van der Waals surface area contributed by atoms with Crippen molar-refractivity contribution >= 4 is 17.9 Å². The second-order valence-electron chi connectivity index (χ2n) is 3.50. The topological polar surface area (TPSA) is 85.1 Å². The number of hydrogen-bond donors (Lipinski definition) is 1. The maximum Gasteiger partial charge on any atom is 0.269 e. The van der Waals surface area contributed by atoms with Crippen LogP contribution >= 0.6 is 0 Å². The quantitative estimate of drug-likeness (QED) is 0.507. The number of hydrogen-bond acceptors (Lipinski definition) is 4. The molecule has 0 unspecified atom stereocenters. The van der Waals surface area contributed by atoms with E-state index in [4.69, 9.17) is 0 Å². The average molecular weight is 243 g/mol. The fourth-order valence-electron chi connectivity index (χ4n) is 1.53. The molecule has 1 amide bonds. The first-order chi connectivity index (χ1) is 8.70. The number of nitro groups is 1. The lowest BCUT2D eigenvalue weighted by atomic mass is 10.1. The standard InChI is InChI=1S/C12H9N3O3/c16-8-14-12-7-10(5-6-13-12)9-1-3-11(4-2-9)15(17)18/h1-8H,(H,13,14,16). The van der Waals surface area contributed by atoms with E-state index < -0.39 is 4.92 Å². The number of rotatable bonds is 4. The number of aromatic nitrogens is 1. The Labute approximate surface area is 102 Å². The van der Waals surface area contributed by atoms with Crippen molar-refractivity contribution < 1.29 is 9.72 Å². The molecule has 1 aromatic carbocycles. The summed E-state index contributed by atoms with van der Waals surface area (Å²) in [4.78, 5) is 24.4. The smallest absolute Gasteiger partial charge is 0.269 e. The van der Waals surface area contributed by atoms with E-state index in [-0.39, 0.29) is 5.69 Å². The molecule has 2 rings (SSSR count). The SMILES string of the molecule is O=CNc1cc(-c2ccc([N+](=O)[O-])cc2)ccn1. The van der Waals surface area contributed by atoms with Crippen molar-refractivity contribution in [3.8, 4) is 11.1 Å². The molecule has 18 heavy (non-hydrogen) atoms. The highest BCUT2D eigenvalue weighted by Gasteiger charge is 2.05. The van der Waals surface area contributed by atoms with Gasteiger partial charge in [0.25, 0.3) is 5.69 Å². The monoisotopic (exact) mass is 243 g/mol. The second kappa shape index (κ2) is 5.05. The molecule has 0 saturated carbocycles. The van der Waals surface area contributed by atoms with Crippen LogP contribution in [-0.2, 0) is 4.79 Å². The van der Waals surface area contributed by atoms with E-state index in [1.165, 1.54) is 12.1 Å². The Morgan fingerprint density at radius 3 is 2.50 bits per heavy atom. The molecule has 2 aromatic rings. The third-order valence-electron chi connectivity index (χ3n) is 2.38. The minimum atomic E-state index is -0.449. The van der Waals surface area contributed by atoms with Crippen LogP contribution in [-0.4, -0.2) is 16.3 Å². The lowest BCUT2D eigenvalue weighted by Gasteiger charge is -2.03. The molecule has 1 aromatic heterocycles. The van der Waals surface area contributed by atoms with Gasteiger partial charge < -0.3 is 5.32 Å². The van der Waals surface area contributed by atoms with E-state index in [1.807, 2.05) is 0 Å². The van der Waals surface area contributed by atoms with Crippen molar-refractivity contribution in [1.29, 1.82) is 0 Å². The fraction of sp³-hybridized carbons (Fsp3) is 0. The lowest BCUT2D eigenvalue weighted by Crippen LogP contribution is -1.96. The van der Waals surface area contributed by atoms with E-state index in [2.05, 4.69) is 10.3 Å². The number of amides is 1. The normalized spacial score (nSPS) is 9.78. The van der Waals surface area contributed by atoms with Crippen LogP contribution in [0.5, 0.6) is 0 Å². The number of carbonyl (C=O) groups excluding carboxylic acids is 1. The largest absolute Gasteiger partial charge is 0.313 e. The van der Waals surface area contributed by atoms with Gasteiger partial charge in [0.05, 0.1) is 4.92 Å². The molecule has 1 N–H and O–H groups in total. The van der Waals surface area contributed by atoms with E-state index in [0.717, 1.165) is 11.1 Å². The number of carbonyl (C=O) groups is 1. The summed E-state index contributed by atoms with van der Waals surface area (Å²) in [6, 6.07) is 9.62. The van der Waals surface area contributed by atoms with Crippen LogP contribution in [0.25, 0.3) is 11.1 Å². The molecular weight excluding hydrogens is 234 g/mol. The molecule has 6 heteroatoms. The average Bonchev–Trinajstić information content (AvgIpc) is 2.39. The summed E-state index contributed by atoms with van der Waals surface area (Å²) in [5.74, 6) is 0.431. The lowest BCUT2D eigenvalue weighted by molar-refractivity contribution is -0.384. The number of pyridine rings is 1. The zero-order chi connectivity index (χ0) is 13.0. The molecule has 0 spiro atoms. The fourth-order valence-corrected chi connectivity index (χ4v) is 1.53. The van der Waals surface area contributed by atoms with Gasteiger partial charge in [-0.05, 0) is 35.4 Å². The van der Waals surface area contributed by atoms with Crippen LogP contribution in [0.15, 0.2) is 42.6 Å². The van der Waals surface area contributed by atoms with Gasteiger partial charge in [0.15, 0.2) is 0 Å². The van der Waals surface area contributed by atoms with Gasteiger partial charge in [-0.1, -0.05) is 0 Å². The molecule has 0 aliphatic rings. The molecule has 0 radical (unpaired) electrons. The first-order valence-corrected chi connectivity index (χ1v) is 5.12. The molecule has 0 atom stereocenters. The van der Waals surface area contributed by atoms with Crippen LogP contribution in [0.2, 0.25) is 0 Å². The van der Waals surface area contributed by atoms with Crippen LogP contribution in [0.1, 0.15) is 0 Å². The predicted octanol–water partition coefficient (Wildman–Crippen LogP) is 2.23. The van der Waals surface area contributed by atoms with E-state index >= 15 is 0 Å². The van der Waals surface area contributed by atoms with Crippen LogP contribution in [0, 0.1) is 10.1 Å². The molecular formula is C12H9N3O3. The van der Waals surface area contributed by atoms with Crippen molar-refractivity contribution in [3.05, 3.63) is 52.7 Å². The third-order valence-corrected chi connectivity index (χ3v) is 2.38. The number of nitrogens with one attached hydrogen (secondary N) is 1. The number of anilines is 1. The zero-order valence-electron chi connectivity index (χ0n) is 9.24. The number of benzene rings is 1. The van der Waals surface area contributed by atoms with Crippen molar-refractivity contribution in [1.82, 2.24) is 4.98 Å². The summed E-state index contributed by atoms with van der Waals surface area (Å²) in [7, 11) is 0.